The van der Waals surface area contributed by atoms with Crippen molar-refractivity contribution in [2.45, 2.75) is 6.61 Å². The molecule has 0 fully saturated rings. The maximum absolute atomic E-state index is 5.32. The first-order chi connectivity index (χ1) is 6.76. The molecule has 76 valence electrons. The Morgan fingerprint density at radius 1 is 1.50 bits per heavy atom. The van der Waals surface area contributed by atoms with Crippen LogP contribution < -0.4 is 4.74 Å². The van der Waals surface area contributed by atoms with Crippen molar-refractivity contribution in [2.24, 2.45) is 0 Å². The van der Waals surface area contributed by atoms with E-state index >= 15 is 0 Å². The van der Waals surface area contributed by atoms with Gasteiger partial charge in [0.25, 0.3) is 0 Å². The van der Waals surface area contributed by atoms with E-state index in [0.717, 1.165) is 11.3 Å². The fraction of sp³-hybridized carbons (Fsp3) is 0.300. The second-order valence-electron chi connectivity index (χ2n) is 2.59. The van der Waals surface area contributed by atoms with Crippen molar-refractivity contribution in [1.82, 2.24) is 0 Å². The van der Waals surface area contributed by atoms with Gasteiger partial charge < -0.3 is 9.47 Å². The van der Waals surface area contributed by atoms with Gasteiger partial charge in [-0.05, 0) is 36.2 Å². The Bertz CT molecular complexity index is 313. The van der Waals surface area contributed by atoms with Gasteiger partial charge in [0.2, 0.25) is 4.38 Å². The van der Waals surface area contributed by atoms with Crippen LogP contribution in [0.15, 0.2) is 24.3 Å². The lowest BCUT2D eigenvalue weighted by Gasteiger charge is -2.06. The summed E-state index contributed by atoms with van der Waals surface area (Å²) >= 11 is 6.36. The zero-order valence-corrected chi connectivity index (χ0v) is 9.78. The normalized spacial score (nSPS) is 9.57. The van der Waals surface area contributed by atoms with E-state index in [-0.39, 0.29) is 0 Å². The van der Waals surface area contributed by atoms with Crippen LogP contribution in [0.1, 0.15) is 5.56 Å². The van der Waals surface area contributed by atoms with Crippen LogP contribution in [-0.2, 0) is 11.3 Å². The average Bonchev–Trinajstić information content (AvgIpc) is 2.26. The van der Waals surface area contributed by atoms with Crippen LogP contribution >= 0.6 is 24.0 Å². The topological polar surface area (TPSA) is 18.5 Å². The highest BCUT2D eigenvalue weighted by molar-refractivity contribution is 8.22. The molecular formula is C10H12O2S2. The van der Waals surface area contributed by atoms with Crippen molar-refractivity contribution in [1.29, 1.82) is 0 Å². The molecule has 2 nitrogen and oxygen atoms in total. The first-order valence-electron chi connectivity index (χ1n) is 4.10. The zero-order valence-electron chi connectivity index (χ0n) is 8.15. The van der Waals surface area contributed by atoms with E-state index in [0.29, 0.717) is 11.0 Å². The minimum absolute atomic E-state index is 0.497. The van der Waals surface area contributed by atoms with E-state index in [1.165, 1.54) is 11.8 Å². The summed E-state index contributed by atoms with van der Waals surface area (Å²) in [6, 6.07) is 7.74. The zero-order chi connectivity index (χ0) is 10.4. The second-order valence-corrected chi connectivity index (χ2v) is 4.00. The molecule has 0 heterocycles. The summed E-state index contributed by atoms with van der Waals surface area (Å²) in [7, 11) is 1.65. The summed E-state index contributed by atoms with van der Waals surface area (Å²) in [5.41, 5.74) is 1.06. The maximum Gasteiger partial charge on any atom is 0.220 e. The van der Waals surface area contributed by atoms with Gasteiger partial charge in [0.1, 0.15) is 12.4 Å². The molecule has 0 spiro atoms. The highest BCUT2D eigenvalue weighted by Gasteiger charge is 1.98. The van der Waals surface area contributed by atoms with E-state index < -0.39 is 0 Å². The predicted molar refractivity (Wildman–Crippen MR) is 63.9 cm³/mol. The van der Waals surface area contributed by atoms with Gasteiger partial charge in [0.05, 0.1) is 7.11 Å². The van der Waals surface area contributed by atoms with Crippen LogP contribution in [0.2, 0.25) is 0 Å². The molecule has 0 saturated carbocycles. The van der Waals surface area contributed by atoms with Crippen LogP contribution in [0.25, 0.3) is 0 Å². The average molecular weight is 228 g/mol. The van der Waals surface area contributed by atoms with E-state index in [1.54, 1.807) is 7.11 Å². The lowest BCUT2D eigenvalue weighted by Crippen LogP contribution is -1.97. The van der Waals surface area contributed by atoms with Gasteiger partial charge in [-0.2, -0.15) is 0 Å². The van der Waals surface area contributed by atoms with Crippen molar-refractivity contribution in [3.05, 3.63) is 29.8 Å². The minimum atomic E-state index is 0.497. The quantitative estimate of drug-likeness (QED) is 0.740. The molecule has 14 heavy (non-hydrogen) atoms. The molecule has 0 N–H and O–H groups in total. The second kappa shape index (κ2) is 5.88. The van der Waals surface area contributed by atoms with E-state index in [9.17, 15) is 0 Å². The lowest BCUT2D eigenvalue weighted by atomic mass is 10.2. The molecule has 0 aromatic heterocycles. The summed E-state index contributed by atoms with van der Waals surface area (Å²) in [6.45, 7) is 0.497. The van der Waals surface area contributed by atoms with Crippen molar-refractivity contribution < 1.29 is 9.47 Å². The number of hydrogen-bond acceptors (Lipinski definition) is 4. The molecule has 0 atom stereocenters. The first kappa shape index (κ1) is 11.3. The Morgan fingerprint density at radius 3 is 2.93 bits per heavy atom. The van der Waals surface area contributed by atoms with Crippen LogP contribution in [0.5, 0.6) is 5.75 Å². The Balaban J connectivity index is 2.54. The molecule has 0 aliphatic rings. The smallest absolute Gasteiger partial charge is 0.220 e. The fourth-order valence-electron chi connectivity index (χ4n) is 0.963. The largest absolute Gasteiger partial charge is 0.497 e. The van der Waals surface area contributed by atoms with Crippen LogP contribution in [0.4, 0.5) is 0 Å². The van der Waals surface area contributed by atoms with Crippen molar-refractivity contribution in [3.63, 3.8) is 0 Å². The SMILES string of the molecule is COc1cccc(COC(=S)SC)c1. The number of ether oxygens (including phenoxy) is 2. The molecule has 1 aromatic rings. The third-order valence-electron chi connectivity index (χ3n) is 1.66. The molecular weight excluding hydrogens is 216 g/mol. The molecule has 0 aliphatic heterocycles. The third-order valence-corrected chi connectivity index (χ3v) is 2.73. The molecule has 1 aromatic carbocycles. The maximum atomic E-state index is 5.32. The van der Waals surface area contributed by atoms with Crippen LogP contribution in [0, 0.1) is 0 Å². The first-order valence-corrected chi connectivity index (χ1v) is 5.73. The van der Waals surface area contributed by atoms with Gasteiger partial charge in [-0.1, -0.05) is 23.9 Å². The van der Waals surface area contributed by atoms with Gasteiger partial charge in [-0.3, -0.25) is 0 Å². The molecule has 0 saturated heterocycles. The molecule has 1 rings (SSSR count). The lowest BCUT2D eigenvalue weighted by molar-refractivity contribution is 0.309. The van der Waals surface area contributed by atoms with Gasteiger partial charge in [-0.25, -0.2) is 0 Å². The predicted octanol–water partition coefficient (Wildman–Crippen LogP) is 2.86. The molecule has 0 aliphatic carbocycles. The summed E-state index contributed by atoms with van der Waals surface area (Å²) in [5.74, 6) is 0.834. The standard InChI is InChI=1S/C10H12O2S2/c1-11-9-5-3-4-8(6-9)7-12-10(13)14-2/h3-6H,7H2,1-2H3. The molecule has 0 unspecified atom stereocenters. The summed E-state index contributed by atoms with van der Waals surface area (Å²) in [5, 5.41) is 0. The Kier molecular flexibility index (Phi) is 4.76. The molecule has 0 amide bonds. The number of rotatable bonds is 3. The molecule has 0 bridgehead atoms. The van der Waals surface area contributed by atoms with Crippen LogP contribution in [0.3, 0.4) is 0 Å². The number of benzene rings is 1. The summed E-state index contributed by atoms with van der Waals surface area (Å²) in [4.78, 5) is 0. The number of thioether (sulfide) groups is 1. The summed E-state index contributed by atoms with van der Waals surface area (Å²) < 4.78 is 11.0. The number of methoxy groups -OCH3 is 1. The monoisotopic (exact) mass is 228 g/mol. The van der Waals surface area contributed by atoms with Gasteiger partial charge >= 0.3 is 0 Å². The molecule has 4 heteroatoms. The number of thiocarbonyl (C=S) groups is 1. The van der Waals surface area contributed by atoms with Crippen molar-refractivity contribution in [2.75, 3.05) is 13.4 Å². The highest BCUT2D eigenvalue weighted by atomic mass is 32.2. The fourth-order valence-corrected chi connectivity index (χ4v) is 1.20. The minimum Gasteiger partial charge on any atom is -0.497 e. The summed E-state index contributed by atoms with van der Waals surface area (Å²) in [6.07, 6.45) is 1.90. The molecule has 0 radical (unpaired) electrons. The van der Waals surface area contributed by atoms with E-state index in [2.05, 4.69) is 0 Å². The van der Waals surface area contributed by atoms with Crippen molar-refractivity contribution in [3.8, 4) is 5.75 Å². The van der Waals surface area contributed by atoms with Gasteiger partial charge in [0, 0.05) is 0 Å². The highest BCUT2D eigenvalue weighted by Crippen LogP contribution is 2.14. The van der Waals surface area contributed by atoms with E-state index in [4.69, 9.17) is 21.7 Å². The van der Waals surface area contributed by atoms with E-state index in [1.807, 2.05) is 30.5 Å². The third kappa shape index (κ3) is 3.55. The van der Waals surface area contributed by atoms with Gasteiger partial charge in [0.15, 0.2) is 0 Å². The van der Waals surface area contributed by atoms with Crippen molar-refractivity contribution >= 4 is 28.4 Å². The Hall–Kier alpha value is -0.740. The Labute approximate surface area is 93.6 Å². The Morgan fingerprint density at radius 2 is 2.29 bits per heavy atom. The van der Waals surface area contributed by atoms with Crippen LogP contribution in [-0.4, -0.2) is 17.7 Å². The number of hydrogen-bond donors (Lipinski definition) is 0. The van der Waals surface area contributed by atoms with Gasteiger partial charge in [-0.15, -0.1) is 0 Å².